The summed E-state index contributed by atoms with van der Waals surface area (Å²) >= 11 is 6.97. The summed E-state index contributed by atoms with van der Waals surface area (Å²) in [7, 11) is 0. The van der Waals surface area contributed by atoms with Crippen LogP contribution in [0.4, 0.5) is 0 Å². The minimum absolute atomic E-state index is 2.24. The normalized spacial score (nSPS) is 3.50. The lowest BCUT2D eigenvalue weighted by Gasteiger charge is -1.38. The maximum atomic E-state index is 3.48. The molecule has 0 heterocycles. The van der Waals surface area contributed by atoms with Crippen LogP contribution in [-0.2, 0) is 0 Å². The van der Waals surface area contributed by atoms with Gasteiger partial charge in [-0.1, -0.05) is 25.3 Å². The fraction of sp³-hybridized carbons (Fsp3) is 0. The van der Waals surface area contributed by atoms with E-state index in [0.717, 1.165) is 0 Å². The summed E-state index contributed by atoms with van der Waals surface area (Å²) in [5, 5.41) is 4.48. The first kappa shape index (κ1) is 4.26. The van der Waals surface area contributed by atoms with E-state index in [1.54, 1.807) is 0 Å². The molecule has 2 heteroatoms. The molecule has 0 unspecified atom stereocenters. The van der Waals surface area contributed by atoms with Crippen molar-refractivity contribution < 1.29 is 0 Å². The van der Waals surface area contributed by atoms with Gasteiger partial charge in [-0.25, -0.2) is 0 Å². The fourth-order valence-corrected chi connectivity index (χ4v) is 0. The van der Waals surface area contributed by atoms with Gasteiger partial charge in [-0.3, -0.25) is 0 Å². The molecule has 0 aromatic heterocycles. The van der Waals surface area contributed by atoms with Gasteiger partial charge in [-0.15, -0.1) is 0 Å². The molecule has 22 valence electrons. The van der Waals surface area contributed by atoms with Gasteiger partial charge in [0.25, 0.3) is 0 Å². The molecule has 4 heavy (non-hydrogen) atoms. The Morgan fingerprint density at radius 3 is 1.25 bits per heavy atom. The lowest BCUT2D eigenvalue weighted by molar-refractivity contribution is 3.09. The Morgan fingerprint density at radius 2 is 1.25 bits per heavy atom. The minimum Gasteiger partial charge on any atom is -0.0913 e. The molecule has 0 fully saturated rings. The van der Waals surface area contributed by atoms with Crippen LogP contribution < -0.4 is 0 Å². The van der Waals surface area contributed by atoms with Crippen LogP contribution in [0.2, 0.25) is 0 Å². The highest BCUT2D eigenvalue weighted by molar-refractivity contribution is 7.89. The molecule has 0 bridgehead atoms. The number of hydrogen-bond donors (Lipinski definition) is 2. The monoisotopic (exact) mass is 90.0 g/mol. The SMILES string of the molecule is SC#CS. The Balaban J connectivity index is 2.83. The topological polar surface area (TPSA) is 0 Å². The van der Waals surface area contributed by atoms with E-state index < -0.39 is 0 Å². The molecule has 0 aliphatic heterocycles. The van der Waals surface area contributed by atoms with Crippen LogP contribution in [0.15, 0.2) is 0 Å². The van der Waals surface area contributed by atoms with Crippen LogP contribution in [0.5, 0.6) is 0 Å². The third kappa shape index (κ3) is 2.26. The summed E-state index contributed by atoms with van der Waals surface area (Å²) in [6.07, 6.45) is 0. The zero-order chi connectivity index (χ0) is 3.41. The maximum Gasteiger partial charge on any atom is -0.0260 e. The summed E-state index contributed by atoms with van der Waals surface area (Å²) in [6, 6.07) is 0. The van der Waals surface area contributed by atoms with E-state index in [0.29, 0.717) is 0 Å². The summed E-state index contributed by atoms with van der Waals surface area (Å²) in [6.45, 7) is 0. The molecule has 0 N–H and O–H groups in total. The first-order valence-electron chi connectivity index (χ1n) is 0.697. The van der Waals surface area contributed by atoms with Crippen molar-refractivity contribution >= 4 is 25.3 Å². The zero-order valence-corrected chi connectivity index (χ0v) is 3.68. The van der Waals surface area contributed by atoms with Crippen LogP contribution in [0.3, 0.4) is 0 Å². The van der Waals surface area contributed by atoms with Crippen molar-refractivity contribution in [1.29, 1.82) is 0 Å². The van der Waals surface area contributed by atoms with Gasteiger partial charge in [0.15, 0.2) is 0 Å². The second-order valence-electron chi connectivity index (χ2n) is 0.224. The van der Waals surface area contributed by atoms with Gasteiger partial charge in [0.2, 0.25) is 0 Å². The number of thiol groups is 2. The first-order valence-corrected chi connectivity index (χ1v) is 1.59. The van der Waals surface area contributed by atoms with Crippen molar-refractivity contribution in [2.45, 2.75) is 0 Å². The van der Waals surface area contributed by atoms with E-state index in [9.17, 15) is 0 Å². The van der Waals surface area contributed by atoms with E-state index in [4.69, 9.17) is 0 Å². The lowest BCUT2D eigenvalue weighted by atomic mass is 11.4. The smallest absolute Gasteiger partial charge is 0.0260 e. The van der Waals surface area contributed by atoms with Crippen LogP contribution in [-0.4, -0.2) is 0 Å². The Labute approximate surface area is 36.4 Å². The summed E-state index contributed by atoms with van der Waals surface area (Å²) in [5.74, 6) is 0. The molecular weight excluding hydrogens is 88.2 g/mol. The van der Waals surface area contributed by atoms with Crippen molar-refractivity contribution in [3.63, 3.8) is 0 Å². The van der Waals surface area contributed by atoms with Gasteiger partial charge < -0.3 is 0 Å². The molecule has 0 saturated heterocycles. The van der Waals surface area contributed by atoms with E-state index in [2.05, 4.69) is 35.8 Å². The molecule has 0 rings (SSSR count). The molecule has 0 saturated carbocycles. The molecule has 0 radical (unpaired) electrons. The van der Waals surface area contributed by atoms with Crippen LogP contribution in [0.25, 0.3) is 0 Å². The third-order valence-corrected chi connectivity index (χ3v) is 0.450. The summed E-state index contributed by atoms with van der Waals surface area (Å²) in [4.78, 5) is 0. The average Bonchev–Trinajstić information content (AvgIpc) is 1.37. The Hall–Kier alpha value is 0.260. The van der Waals surface area contributed by atoms with Gasteiger partial charge >= 0.3 is 0 Å². The molecule has 0 aromatic rings. The van der Waals surface area contributed by atoms with Gasteiger partial charge in [-0.05, 0) is 10.5 Å². The fourth-order valence-electron chi connectivity index (χ4n) is 0. The molecule has 0 spiro atoms. The van der Waals surface area contributed by atoms with Crippen molar-refractivity contribution in [2.24, 2.45) is 0 Å². The van der Waals surface area contributed by atoms with E-state index >= 15 is 0 Å². The predicted octanol–water partition coefficient (Wildman–Crippen LogP) is 0.764. The van der Waals surface area contributed by atoms with Gasteiger partial charge in [0, 0.05) is 0 Å². The van der Waals surface area contributed by atoms with Crippen molar-refractivity contribution in [3.05, 3.63) is 0 Å². The number of hydrogen-bond acceptors (Lipinski definition) is 2. The molecule has 0 atom stereocenters. The lowest BCUT2D eigenvalue weighted by Crippen LogP contribution is -1.14. The Kier molecular flexibility index (Phi) is 3.47. The van der Waals surface area contributed by atoms with E-state index in [1.807, 2.05) is 0 Å². The minimum atomic E-state index is 2.24. The summed E-state index contributed by atoms with van der Waals surface area (Å²) < 4.78 is 0. The molecular formula is C2H2S2. The predicted molar refractivity (Wildman–Crippen MR) is 25.7 cm³/mol. The zero-order valence-electron chi connectivity index (χ0n) is 1.89. The van der Waals surface area contributed by atoms with Crippen LogP contribution in [0.1, 0.15) is 0 Å². The van der Waals surface area contributed by atoms with Gasteiger partial charge in [-0.2, -0.15) is 0 Å². The van der Waals surface area contributed by atoms with Gasteiger partial charge in [0.1, 0.15) is 0 Å². The summed E-state index contributed by atoms with van der Waals surface area (Å²) in [5.41, 5.74) is 0. The highest BCUT2D eigenvalue weighted by Gasteiger charge is 1.28. The van der Waals surface area contributed by atoms with Crippen molar-refractivity contribution in [3.8, 4) is 10.5 Å². The van der Waals surface area contributed by atoms with Crippen molar-refractivity contribution in [2.75, 3.05) is 0 Å². The Morgan fingerprint density at radius 1 is 1.00 bits per heavy atom. The standard InChI is InChI=1S/C2H2S2/c3-1-2-4/h3-4H. The Bertz CT molecular complexity index is 40.8. The molecule has 0 nitrogen and oxygen atoms in total. The number of rotatable bonds is 0. The molecule has 0 aliphatic carbocycles. The van der Waals surface area contributed by atoms with E-state index in [1.165, 1.54) is 0 Å². The van der Waals surface area contributed by atoms with Crippen molar-refractivity contribution in [1.82, 2.24) is 0 Å². The molecule has 0 aromatic carbocycles. The van der Waals surface area contributed by atoms with Crippen LogP contribution >= 0.6 is 25.3 Å². The molecule has 0 aliphatic rings. The second kappa shape index (κ2) is 3.26. The van der Waals surface area contributed by atoms with Gasteiger partial charge in [0.05, 0.1) is 0 Å². The largest absolute Gasteiger partial charge is 0.0913 e. The highest BCUT2D eigenvalue weighted by atomic mass is 32.1. The van der Waals surface area contributed by atoms with E-state index in [-0.39, 0.29) is 0 Å². The van der Waals surface area contributed by atoms with Crippen LogP contribution in [0, 0.1) is 10.5 Å². The quantitative estimate of drug-likeness (QED) is 0.318. The average molecular weight is 90.2 g/mol. The maximum absolute atomic E-state index is 3.48. The second-order valence-corrected chi connectivity index (χ2v) is 0.671. The molecule has 0 amide bonds. The highest BCUT2D eigenvalue weighted by Crippen LogP contribution is 1.62. The first-order chi connectivity index (χ1) is 1.91. The third-order valence-electron chi connectivity index (χ3n) is 0.0500.